The van der Waals surface area contributed by atoms with E-state index >= 15 is 0 Å². The summed E-state index contributed by atoms with van der Waals surface area (Å²) in [7, 11) is 0. The molecule has 0 saturated carbocycles. The first-order valence-corrected chi connectivity index (χ1v) is 11.0. The van der Waals surface area contributed by atoms with Crippen molar-refractivity contribution in [2.75, 3.05) is 5.73 Å². The lowest BCUT2D eigenvalue weighted by Crippen LogP contribution is -2.22. The van der Waals surface area contributed by atoms with E-state index < -0.39 is 0 Å². The Morgan fingerprint density at radius 3 is 2.67 bits per heavy atom. The number of ether oxygens (including phenoxy) is 1. The van der Waals surface area contributed by atoms with Gasteiger partial charge in [0.05, 0.1) is 6.26 Å². The number of nitrogens with two attached hydrogens (primary N) is 1. The highest BCUT2D eigenvalue weighted by atomic mass is 16.5. The second-order valence-corrected chi connectivity index (χ2v) is 8.40. The fraction of sp³-hybridized carbons (Fsp3) is 0.185. The number of fused-ring (bicyclic) bond motifs is 1. The summed E-state index contributed by atoms with van der Waals surface area (Å²) in [6.45, 7) is 6.24. The second-order valence-electron chi connectivity index (χ2n) is 8.40. The predicted octanol–water partition coefficient (Wildman–Crippen LogP) is 5.77. The first-order valence-electron chi connectivity index (χ1n) is 11.0. The predicted molar refractivity (Wildman–Crippen MR) is 131 cm³/mol. The number of furan rings is 1. The second kappa shape index (κ2) is 8.47. The van der Waals surface area contributed by atoms with Gasteiger partial charge in [-0.1, -0.05) is 18.2 Å². The van der Waals surface area contributed by atoms with Crippen LogP contribution in [0.4, 0.5) is 5.95 Å². The number of allylic oxidation sites excluding steroid dienone is 1. The average Bonchev–Trinajstić information content (AvgIpc) is 3.19. The van der Waals surface area contributed by atoms with E-state index in [9.17, 15) is 0 Å². The average molecular weight is 439 g/mol. The van der Waals surface area contributed by atoms with E-state index in [1.165, 1.54) is 0 Å². The zero-order chi connectivity index (χ0) is 22.9. The Morgan fingerprint density at radius 1 is 1.03 bits per heavy atom. The maximum absolute atomic E-state index is 6.13. The molecule has 0 saturated heterocycles. The summed E-state index contributed by atoms with van der Waals surface area (Å²) >= 11 is 0. The SMILES string of the molecule is Cc1coc2ccc(C3=CC(NC(C)c4cccc(-c5cnc(N)nc5)c4)=CC(C)O3)cc12. The van der Waals surface area contributed by atoms with Gasteiger partial charge in [-0.3, -0.25) is 0 Å². The molecule has 3 heterocycles. The molecule has 2 atom stereocenters. The number of aryl methyl sites for hydroxylation is 1. The van der Waals surface area contributed by atoms with Gasteiger partial charge in [0.15, 0.2) is 0 Å². The topological polar surface area (TPSA) is 86.2 Å². The van der Waals surface area contributed by atoms with E-state index in [1.807, 2.05) is 38.1 Å². The Hall–Kier alpha value is -4.06. The number of rotatable bonds is 5. The number of hydrogen-bond donors (Lipinski definition) is 2. The third-order valence-corrected chi connectivity index (χ3v) is 5.84. The largest absolute Gasteiger partial charge is 0.486 e. The third-order valence-electron chi connectivity index (χ3n) is 5.84. The van der Waals surface area contributed by atoms with Crippen molar-refractivity contribution < 1.29 is 9.15 Å². The Labute approximate surface area is 192 Å². The van der Waals surface area contributed by atoms with E-state index in [4.69, 9.17) is 14.9 Å². The van der Waals surface area contributed by atoms with Crippen LogP contribution >= 0.6 is 0 Å². The van der Waals surface area contributed by atoms with Crippen LogP contribution in [0.1, 0.15) is 36.6 Å². The van der Waals surface area contributed by atoms with Crippen molar-refractivity contribution in [2.24, 2.45) is 0 Å². The van der Waals surface area contributed by atoms with Crippen molar-refractivity contribution in [1.29, 1.82) is 0 Å². The molecule has 0 fully saturated rings. The Kier molecular flexibility index (Phi) is 5.34. The summed E-state index contributed by atoms with van der Waals surface area (Å²) in [5.41, 5.74) is 12.8. The van der Waals surface area contributed by atoms with E-state index in [0.717, 1.165) is 50.2 Å². The number of nitrogen functional groups attached to an aromatic ring is 1. The minimum absolute atomic E-state index is 0.0425. The molecule has 2 aromatic carbocycles. The number of nitrogens with zero attached hydrogens (tertiary/aromatic N) is 2. The lowest BCUT2D eigenvalue weighted by molar-refractivity contribution is 0.224. The van der Waals surface area contributed by atoms with Gasteiger partial charge in [-0.15, -0.1) is 0 Å². The van der Waals surface area contributed by atoms with Crippen molar-refractivity contribution in [3.8, 4) is 11.1 Å². The van der Waals surface area contributed by atoms with Crippen LogP contribution in [0.15, 0.2) is 83.4 Å². The van der Waals surface area contributed by atoms with Gasteiger partial charge in [0.1, 0.15) is 17.4 Å². The molecular weight excluding hydrogens is 412 g/mol. The first kappa shape index (κ1) is 20.8. The molecule has 4 aromatic rings. The highest BCUT2D eigenvalue weighted by Crippen LogP contribution is 2.30. The summed E-state index contributed by atoms with van der Waals surface area (Å²) in [5.74, 6) is 1.12. The molecule has 0 radical (unpaired) electrons. The number of nitrogens with one attached hydrogen (secondary N) is 1. The molecule has 1 aliphatic heterocycles. The summed E-state index contributed by atoms with van der Waals surface area (Å²) in [6, 6.07) is 14.6. The van der Waals surface area contributed by atoms with Crippen molar-refractivity contribution in [2.45, 2.75) is 32.9 Å². The van der Waals surface area contributed by atoms with Crippen LogP contribution in [0.3, 0.4) is 0 Å². The van der Waals surface area contributed by atoms with Crippen LogP contribution in [-0.4, -0.2) is 16.1 Å². The van der Waals surface area contributed by atoms with E-state index in [1.54, 1.807) is 18.7 Å². The number of hydrogen-bond acceptors (Lipinski definition) is 6. The van der Waals surface area contributed by atoms with Crippen molar-refractivity contribution in [3.63, 3.8) is 0 Å². The molecule has 5 rings (SSSR count). The molecule has 6 heteroatoms. The molecule has 0 bridgehead atoms. The molecule has 2 unspecified atom stereocenters. The summed E-state index contributed by atoms with van der Waals surface area (Å²) < 4.78 is 11.7. The maximum Gasteiger partial charge on any atom is 0.219 e. The smallest absolute Gasteiger partial charge is 0.219 e. The molecule has 0 aliphatic carbocycles. The number of benzene rings is 2. The van der Waals surface area contributed by atoms with E-state index in [-0.39, 0.29) is 18.1 Å². The standard InChI is InChI=1S/C27H26N4O2/c1-16-15-32-25-8-7-21(11-24(16)25)26-12-23(9-17(2)33-26)31-18(3)19-5-4-6-20(10-19)22-13-29-27(28)30-14-22/h4-15,17-18,31H,1-3H3,(H2,28,29,30). The van der Waals surface area contributed by atoms with Gasteiger partial charge in [0.25, 0.3) is 0 Å². The monoisotopic (exact) mass is 438 g/mol. The van der Waals surface area contributed by atoms with Crippen molar-refractivity contribution in [3.05, 3.63) is 95.7 Å². The fourth-order valence-electron chi connectivity index (χ4n) is 4.07. The van der Waals surface area contributed by atoms with Gasteiger partial charge >= 0.3 is 0 Å². The molecule has 3 N–H and O–H groups in total. The molecule has 0 amide bonds. The van der Waals surface area contributed by atoms with Crippen molar-refractivity contribution in [1.82, 2.24) is 15.3 Å². The van der Waals surface area contributed by atoms with Gasteiger partial charge in [0, 0.05) is 46.7 Å². The third kappa shape index (κ3) is 4.32. The fourth-order valence-corrected chi connectivity index (χ4v) is 4.07. The Morgan fingerprint density at radius 2 is 1.85 bits per heavy atom. The van der Waals surface area contributed by atoms with Crippen LogP contribution < -0.4 is 11.1 Å². The lowest BCUT2D eigenvalue weighted by atomic mass is 10.0. The van der Waals surface area contributed by atoms with Crippen molar-refractivity contribution >= 4 is 22.7 Å². The minimum atomic E-state index is -0.0425. The molecule has 166 valence electrons. The van der Waals surface area contributed by atoms with Crippen LogP contribution in [0.5, 0.6) is 0 Å². The lowest BCUT2D eigenvalue weighted by Gasteiger charge is -2.24. The first-order chi connectivity index (χ1) is 16.0. The number of anilines is 1. The normalized spacial score (nSPS) is 16.6. The molecule has 1 aliphatic rings. The summed E-state index contributed by atoms with van der Waals surface area (Å²) in [6.07, 6.45) is 9.39. The van der Waals surface area contributed by atoms with Gasteiger partial charge in [0.2, 0.25) is 5.95 Å². The van der Waals surface area contributed by atoms with Crippen LogP contribution in [0.2, 0.25) is 0 Å². The zero-order valence-electron chi connectivity index (χ0n) is 18.9. The Bertz CT molecular complexity index is 1370. The summed E-state index contributed by atoms with van der Waals surface area (Å²) in [4.78, 5) is 8.21. The molecule has 2 aromatic heterocycles. The molecule has 33 heavy (non-hydrogen) atoms. The van der Waals surface area contributed by atoms with E-state index in [2.05, 4.69) is 52.6 Å². The highest BCUT2D eigenvalue weighted by molar-refractivity contribution is 5.84. The molecule has 6 nitrogen and oxygen atoms in total. The van der Waals surface area contributed by atoms with Crippen LogP contribution in [0.25, 0.3) is 27.9 Å². The zero-order valence-corrected chi connectivity index (χ0v) is 18.9. The van der Waals surface area contributed by atoms with Gasteiger partial charge in [-0.2, -0.15) is 0 Å². The van der Waals surface area contributed by atoms with Crippen LogP contribution in [-0.2, 0) is 4.74 Å². The van der Waals surface area contributed by atoms with Gasteiger partial charge in [-0.25, -0.2) is 9.97 Å². The minimum Gasteiger partial charge on any atom is -0.486 e. The quantitative estimate of drug-likeness (QED) is 0.411. The maximum atomic E-state index is 6.13. The number of aromatic nitrogens is 2. The van der Waals surface area contributed by atoms with Gasteiger partial charge < -0.3 is 20.2 Å². The summed E-state index contributed by atoms with van der Waals surface area (Å²) in [5, 5.41) is 4.73. The molecular formula is C27H26N4O2. The van der Waals surface area contributed by atoms with E-state index in [0.29, 0.717) is 0 Å². The highest BCUT2D eigenvalue weighted by Gasteiger charge is 2.17. The molecule has 0 spiro atoms. The van der Waals surface area contributed by atoms with Gasteiger partial charge in [-0.05, 0) is 67.8 Å². The van der Waals surface area contributed by atoms with Crippen LogP contribution in [0, 0.1) is 6.92 Å². The Balaban J connectivity index is 1.39.